The van der Waals surface area contributed by atoms with Gasteiger partial charge in [0.15, 0.2) is 6.10 Å². The minimum absolute atomic E-state index is 0.0248. The summed E-state index contributed by atoms with van der Waals surface area (Å²) in [5.41, 5.74) is 6.92. The van der Waals surface area contributed by atoms with Crippen LogP contribution in [0.1, 0.15) is 49.8 Å². The summed E-state index contributed by atoms with van der Waals surface area (Å²) in [5, 5.41) is 2.89. The number of carbonyl (C=O) groups is 1. The second kappa shape index (κ2) is 10.8. The lowest BCUT2D eigenvalue weighted by molar-refractivity contribution is -0.128. The maximum Gasteiger partial charge on any atom is 0.264 e. The molecule has 7 heteroatoms. The van der Waals surface area contributed by atoms with Crippen LogP contribution in [0.4, 0.5) is 8.78 Å². The van der Waals surface area contributed by atoms with Crippen molar-refractivity contribution in [3.05, 3.63) is 53.3 Å². The Morgan fingerprint density at radius 3 is 2.68 bits per heavy atom. The molecule has 154 valence electrons. The Morgan fingerprint density at radius 2 is 2.07 bits per heavy atom. The summed E-state index contributed by atoms with van der Waals surface area (Å²) < 4.78 is 32.2. The number of ether oxygens (including phenoxy) is 1. The standard InChI is InChI=1S/C21H29F2N3O2/c1-14(2)10-19(21(27)26-8-3-4-15-7-9-25-13-15)28-17-6-5-16(12-24)18(11-17)20(22)23/h5-7,9,11,13-14,19-20,25H,3-4,8,10,12,24H2,1-2H3,(H,26,27). The van der Waals surface area contributed by atoms with Gasteiger partial charge in [0, 0.05) is 31.0 Å². The van der Waals surface area contributed by atoms with E-state index in [4.69, 9.17) is 10.5 Å². The van der Waals surface area contributed by atoms with Crippen molar-refractivity contribution in [2.75, 3.05) is 6.54 Å². The van der Waals surface area contributed by atoms with Gasteiger partial charge in [0.05, 0.1) is 0 Å². The number of amides is 1. The van der Waals surface area contributed by atoms with Crippen LogP contribution in [0.5, 0.6) is 5.75 Å². The van der Waals surface area contributed by atoms with E-state index in [1.165, 1.54) is 17.7 Å². The van der Waals surface area contributed by atoms with Gasteiger partial charge in [-0.25, -0.2) is 8.78 Å². The Labute approximate surface area is 164 Å². The first-order valence-corrected chi connectivity index (χ1v) is 9.57. The smallest absolute Gasteiger partial charge is 0.264 e. The maximum absolute atomic E-state index is 13.2. The number of H-pyrrole nitrogens is 1. The van der Waals surface area contributed by atoms with E-state index in [-0.39, 0.29) is 29.7 Å². The number of alkyl halides is 2. The molecule has 1 heterocycles. The van der Waals surface area contributed by atoms with E-state index < -0.39 is 12.5 Å². The lowest BCUT2D eigenvalue weighted by Crippen LogP contribution is -2.39. The van der Waals surface area contributed by atoms with Gasteiger partial charge >= 0.3 is 0 Å². The van der Waals surface area contributed by atoms with E-state index in [9.17, 15) is 13.6 Å². The zero-order valence-corrected chi connectivity index (χ0v) is 16.4. The molecule has 0 aliphatic heterocycles. The molecule has 0 saturated heterocycles. The number of rotatable bonds is 11. The summed E-state index contributed by atoms with van der Waals surface area (Å²) >= 11 is 0. The molecule has 28 heavy (non-hydrogen) atoms. The van der Waals surface area contributed by atoms with Crippen LogP contribution in [0.3, 0.4) is 0 Å². The van der Waals surface area contributed by atoms with E-state index >= 15 is 0 Å². The predicted octanol–water partition coefficient (Wildman–Crippen LogP) is 3.95. The van der Waals surface area contributed by atoms with Crippen LogP contribution in [-0.2, 0) is 17.8 Å². The Morgan fingerprint density at radius 1 is 1.29 bits per heavy atom. The summed E-state index contributed by atoms with van der Waals surface area (Å²) in [6, 6.07) is 6.39. The van der Waals surface area contributed by atoms with Gasteiger partial charge in [0.2, 0.25) is 0 Å². The molecule has 2 aromatic rings. The molecule has 0 aliphatic carbocycles. The number of hydrogen-bond donors (Lipinski definition) is 3. The fraction of sp³-hybridized carbons (Fsp3) is 0.476. The first kappa shape index (κ1) is 21.9. The zero-order valence-electron chi connectivity index (χ0n) is 16.4. The predicted molar refractivity (Wildman–Crippen MR) is 105 cm³/mol. The monoisotopic (exact) mass is 393 g/mol. The highest BCUT2D eigenvalue weighted by molar-refractivity contribution is 5.81. The van der Waals surface area contributed by atoms with Gasteiger partial charge in [0.1, 0.15) is 5.75 Å². The minimum Gasteiger partial charge on any atom is -0.481 e. The topological polar surface area (TPSA) is 80.1 Å². The number of aromatic nitrogens is 1. The van der Waals surface area contributed by atoms with Crippen LogP contribution in [0.15, 0.2) is 36.7 Å². The number of aromatic amines is 1. The van der Waals surface area contributed by atoms with E-state index in [2.05, 4.69) is 10.3 Å². The summed E-state index contributed by atoms with van der Waals surface area (Å²) in [5.74, 6) is 0.235. The zero-order chi connectivity index (χ0) is 20.5. The molecule has 1 atom stereocenters. The molecule has 4 N–H and O–H groups in total. The second-order valence-electron chi connectivity index (χ2n) is 7.22. The number of carbonyl (C=O) groups excluding carboxylic acids is 1. The van der Waals surface area contributed by atoms with Gasteiger partial charge in [-0.1, -0.05) is 19.9 Å². The third kappa shape index (κ3) is 6.64. The van der Waals surface area contributed by atoms with Crippen LogP contribution in [0, 0.1) is 5.92 Å². The van der Waals surface area contributed by atoms with Gasteiger partial charge in [-0.2, -0.15) is 0 Å². The molecule has 0 saturated carbocycles. The minimum atomic E-state index is -2.65. The maximum atomic E-state index is 13.2. The largest absolute Gasteiger partial charge is 0.481 e. The molecule has 1 aromatic carbocycles. The molecule has 0 spiro atoms. The third-order valence-corrected chi connectivity index (χ3v) is 4.43. The number of hydrogen-bond acceptors (Lipinski definition) is 3. The first-order chi connectivity index (χ1) is 13.4. The van der Waals surface area contributed by atoms with E-state index in [1.54, 1.807) is 6.07 Å². The van der Waals surface area contributed by atoms with Crippen LogP contribution in [0.25, 0.3) is 0 Å². The van der Waals surface area contributed by atoms with Crippen molar-refractivity contribution >= 4 is 5.91 Å². The Hall–Kier alpha value is -2.41. The van der Waals surface area contributed by atoms with Crippen molar-refractivity contribution in [2.45, 2.75) is 52.2 Å². The van der Waals surface area contributed by atoms with Gasteiger partial charge in [-0.3, -0.25) is 4.79 Å². The molecule has 1 amide bonds. The Kier molecular flexibility index (Phi) is 8.44. The average Bonchev–Trinajstić information content (AvgIpc) is 3.17. The van der Waals surface area contributed by atoms with Crippen molar-refractivity contribution in [3.8, 4) is 5.75 Å². The fourth-order valence-electron chi connectivity index (χ4n) is 2.97. The molecule has 0 bridgehead atoms. The lowest BCUT2D eigenvalue weighted by atomic mass is 10.0. The fourth-order valence-corrected chi connectivity index (χ4v) is 2.97. The number of halogens is 2. The SMILES string of the molecule is CC(C)CC(Oc1ccc(CN)c(C(F)F)c1)C(=O)NCCCc1cc[nH]c1. The quantitative estimate of drug-likeness (QED) is 0.506. The number of aryl methyl sites for hydroxylation is 1. The molecular formula is C21H29F2N3O2. The van der Waals surface area contributed by atoms with E-state index in [0.717, 1.165) is 12.8 Å². The molecule has 0 aliphatic rings. The lowest BCUT2D eigenvalue weighted by Gasteiger charge is -2.21. The van der Waals surface area contributed by atoms with E-state index in [0.29, 0.717) is 18.5 Å². The van der Waals surface area contributed by atoms with Crippen LogP contribution < -0.4 is 15.8 Å². The van der Waals surface area contributed by atoms with Crippen molar-refractivity contribution < 1.29 is 18.3 Å². The molecule has 0 radical (unpaired) electrons. The number of nitrogens with one attached hydrogen (secondary N) is 2. The Balaban J connectivity index is 1.98. The molecule has 2 rings (SSSR count). The second-order valence-corrected chi connectivity index (χ2v) is 7.22. The summed E-state index contributed by atoms with van der Waals surface area (Å²) in [4.78, 5) is 15.6. The average molecular weight is 393 g/mol. The van der Waals surface area contributed by atoms with Gasteiger partial charge in [-0.15, -0.1) is 0 Å². The van der Waals surface area contributed by atoms with Crippen molar-refractivity contribution in [2.24, 2.45) is 11.7 Å². The van der Waals surface area contributed by atoms with Gasteiger partial charge in [-0.05, 0) is 54.5 Å². The van der Waals surface area contributed by atoms with Crippen molar-refractivity contribution in [1.82, 2.24) is 10.3 Å². The summed E-state index contributed by atoms with van der Waals surface area (Å²) in [6.07, 6.45) is 2.57. The molecule has 1 unspecified atom stereocenters. The highest BCUT2D eigenvalue weighted by Gasteiger charge is 2.22. The van der Waals surface area contributed by atoms with Gasteiger partial charge < -0.3 is 20.8 Å². The van der Waals surface area contributed by atoms with Crippen molar-refractivity contribution in [3.63, 3.8) is 0 Å². The number of nitrogens with two attached hydrogens (primary N) is 1. The third-order valence-electron chi connectivity index (χ3n) is 4.43. The molecule has 0 fully saturated rings. The molecule has 5 nitrogen and oxygen atoms in total. The van der Waals surface area contributed by atoms with Gasteiger partial charge in [0.25, 0.3) is 12.3 Å². The van der Waals surface area contributed by atoms with Crippen LogP contribution in [0.2, 0.25) is 0 Å². The highest BCUT2D eigenvalue weighted by Crippen LogP contribution is 2.28. The summed E-state index contributed by atoms with van der Waals surface area (Å²) in [7, 11) is 0. The van der Waals surface area contributed by atoms with Crippen LogP contribution >= 0.6 is 0 Å². The van der Waals surface area contributed by atoms with E-state index in [1.807, 2.05) is 32.3 Å². The highest BCUT2D eigenvalue weighted by atomic mass is 19.3. The molecule has 1 aromatic heterocycles. The normalized spacial score (nSPS) is 12.4. The van der Waals surface area contributed by atoms with Crippen molar-refractivity contribution in [1.29, 1.82) is 0 Å². The molecular weight excluding hydrogens is 364 g/mol. The number of benzene rings is 1. The Bertz CT molecular complexity index is 733. The summed E-state index contributed by atoms with van der Waals surface area (Å²) in [6.45, 7) is 4.52. The first-order valence-electron chi connectivity index (χ1n) is 9.57. The van der Waals surface area contributed by atoms with Crippen LogP contribution in [-0.4, -0.2) is 23.5 Å².